The van der Waals surface area contributed by atoms with Crippen molar-refractivity contribution in [1.29, 1.82) is 0 Å². The Labute approximate surface area is 229 Å². The third kappa shape index (κ3) is 8.39. The van der Waals surface area contributed by atoms with Crippen molar-refractivity contribution in [2.45, 2.75) is 70.7 Å². The lowest BCUT2D eigenvalue weighted by molar-refractivity contribution is -0.145. The molecule has 2 aliphatic rings. The molecule has 0 N–H and O–H groups in total. The molecule has 1 saturated carbocycles. The summed E-state index contributed by atoms with van der Waals surface area (Å²) < 4.78 is 43.7. The normalized spacial score (nSPS) is 21.8. The number of carbonyl (C=O) groups is 2. The number of nitrogens with zero attached hydrogens (tertiary/aromatic N) is 2. The van der Waals surface area contributed by atoms with E-state index in [-0.39, 0.29) is 42.2 Å². The third-order valence-corrected chi connectivity index (χ3v) is 7.08. The molecule has 7 nitrogen and oxygen atoms in total. The first-order valence-corrected chi connectivity index (χ1v) is 13.6. The first kappa shape index (κ1) is 28.8. The first-order valence-electron chi connectivity index (χ1n) is 13.6. The first-order chi connectivity index (χ1) is 18.6. The fourth-order valence-corrected chi connectivity index (χ4v) is 5.08. The number of benzene rings is 2. The van der Waals surface area contributed by atoms with Gasteiger partial charge in [-0.25, -0.2) is 13.6 Å². The quantitative estimate of drug-likeness (QED) is 0.456. The van der Waals surface area contributed by atoms with Crippen molar-refractivity contribution in [3.05, 3.63) is 65.7 Å². The summed E-state index contributed by atoms with van der Waals surface area (Å²) in [6.45, 7) is 7.48. The van der Waals surface area contributed by atoms with Gasteiger partial charge in [-0.05, 0) is 88.4 Å². The molecule has 2 aromatic carbocycles. The maximum atomic E-state index is 13.4. The van der Waals surface area contributed by atoms with E-state index in [2.05, 4.69) is 0 Å². The Balaban J connectivity index is 1.32. The van der Waals surface area contributed by atoms with Gasteiger partial charge in [-0.3, -0.25) is 4.79 Å². The zero-order chi connectivity index (χ0) is 28.0. The van der Waals surface area contributed by atoms with Crippen LogP contribution in [0.25, 0.3) is 0 Å². The van der Waals surface area contributed by atoms with Gasteiger partial charge in [0, 0.05) is 25.0 Å². The van der Waals surface area contributed by atoms with Crippen LogP contribution < -0.4 is 4.74 Å². The number of morpholine rings is 1. The van der Waals surface area contributed by atoms with Gasteiger partial charge in [0.05, 0.1) is 13.2 Å². The van der Waals surface area contributed by atoms with E-state index in [1.165, 1.54) is 24.3 Å². The zero-order valence-corrected chi connectivity index (χ0v) is 22.9. The highest BCUT2D eigenvalue weighted by Gasteiger charge is 2.36. The summed E-state index contributed by atoms with van der Waals surface area (Å²) in [6.07, 6.45) is 2.03. The molecule has 0 aromatic heterocycles. The zero-order valence-electron chi connectivity index (χ0n) is 22.9. The van der Waals surface area contributed by atoms with Crippen LogP contribution in [-0.2, 0) is 20.8 Å². The number of halogens is 2. The highest BCUT2D eigenvalue weighted by molar-refractivity contribution is 5.79. The molecule has 1 saturated heterocycles. The Kier molecular flexibility index (Phi) is 9.43. The summed E-state index contributed by atoms with van der Waals surface area (Å²) in [5.74, 6) is -0.117. The summed E-state index contributed by atoms with van der Waals surface area (Å²) in [7, 11) is 0. The largest absolute Gasteiger partial charge is 0.491 e. The highest BCUT2D eigenvalue weighted by atomic mass is 19.1. The number of carbonyl (C=O) groups excluding carboxylic acids is 2. The molecule has 9 heteroatoms. The molecule has 1 aliphatic heterocycles. The van der Waals surface area contributed by atoms with E-state index in [0.29, 0.717) is 57.7 Å². The van der Waals surface area contributed by atoms with Crippen LogP contribution in [0.3, 0.4) is 0 Å². The van der Waals surface area contributed by atoms with Crippen LogP contribution in [0.5, 0.6) is 5.75 Å². The molecule has 0 unspecified atom stereocenters. The summed E-state index contributed by atoms with van der Waals surface area (Å²) in [4.78, 5) is 30.1. The van der Waals surface area contributed by atoms with Crippen molar-refractivity contribution in [3.63, 3.8) is 0 Å². The van der Waals surface area contributed by atoms with Gasteiger partial charge in [0.1, 0.15) is 35.7 Å². The molecule has 1 atom stereocenters. The van der Waals surface area contributed by atoms with Crippen LogP contribution in [-0.4, -0.2) is 65.9 Å². The molecular weight excluding hydrogens is 506 g/mol. The molecule has 2 amide bonds. The van der Waals surface area contributed by atoms with E-state index in [4.69, 9.17) is 14.2 Å². The van der Waals surface area contributed by atoms with Crippen LogP contribution in [0, 0.1) is 17.6 Å². The van der Waals surface area contributed by atoms with E-state index in [1.807, 2.05) is 25.7 Å². The maximum Gasteiger partial charge on any atom is 0.410 e. The molecule has 0 bridgehead atoms. The summed E-state index contributed by atoms with van der Waals surface area (Å²) in [5, 5.41) is 0. The highest BCUT2D eigenvalue weighted by Crippen LogP contribution is 2.31. The number of hydrogen-bond acceptors (Lipinski definition) is 5. The fraction of sp³-hybridized carbons (Fsp3) is 0.533. The molecule has 4 rings (SSSR count). The lowest BCUT2D eigenvalue weighted by Crippen LogP contribution is -2.51. The summed E-state index contributed by atoms with van der Waals surface area (Å²) in [5.41, 5.74) is 0.182. The Hall–Kier alpha value is -3.20. The Morgan fingerprint density at radius 3 is 2.21 bits per heavy atom. The van der Waals surface area contributed by atoms with Crippen molar-refractivity contribution in [3.8, 4) is 5.75 Å². The average Bonchev–Trinajstić information content (AvgIpc) is 2.91. The SMILES string of the molecule is CC(C)(C)OC(=O)N(Cc1ccc(F)cc1)C1CCC(C(=O)N2CCO[C@H](COc3ccc(F)cc3)C2)CC1. The Morgan fingerprint density at radius 1 is 0.974 bits per heavy atom. The fourth-order valence-electron chi connectivity index (χ4n) is 5.08. The number of ether oxygens (including phenoxy) is 3. The lowest BCUT2D eigenvalue weighted by Gasteiger charge is -2.39. The van der Waals surface area contributed by atoms with Gasteiger partial charge in [-0.2, -0.15) is 0 Å². The smallest absolute Gasteiger partial charge is 0.410 e. The second kappa shape index (κ2) is 12.8. The Morgan fingerprint density at radius 2 is 1.59 bits per heavy atom. The van der Waals surface area contributed by atoms with E-state index in [0.717, 1.165) is 5.56 Å². The van der Waals surface area contributed by atoms with Crippen LogP contribution in [0.4, 0.5) is 13.6 Å². The Bertz CT molecular complexity index is 1100. The van der Waals surface area contributed by atoms with Crippen molar-refractivity contribution < 1.29 is 32.6 Å². The summed E-state index contributed by atoms with van der Waals surface area (Å²) >= 11 is 0. The predicted octanol–water partition coefficient (Wildman–Crippen LogP) is 5.57. The second-order valence-electron chi connectivity index (χ2n) is 11.3. The van der Waals surface area contributed by atoms with Crippen molar-refractivity contribution in [2.75, 3.05) is 26.3 Å². The number of amides is 2. The number of hydrogen-bond donors (Lipinski definition) is 0. The van der Waals surface area contributed by atoms with Gasteiger partial charge in [0.15, 0.2) is 0 Å². The molecule has 0 radical (unpaired) electrons. The van der Waals surface area contributed by atoms with Gasteiger partial charge in [-0.15, -0.1) is 0 Å². The molecule has 1 heterocycles. The average molecular weight is 545 g/mol. The van der Waals surface area contributed by atoms with Gasteiger partial charge in [-0.1, -0.05) is 12.1 Å². The van der Waals surface area contributed by atoms with Gasteiger partial charge in [0.25, 0.3) is 0 Å². The third-order valence-electron chi connectivity index (χ3n) is 7.08. The standard InChI is InChI=1S/C30H38F2N2O5/c1-30(2,3)39-29(36)34(18-21-4-8-23(31)9-5-21)25-12-6-22(7-13-25)28(35)33-16-17-37-27(19-33)20-38-26-14-10-24(32)11-15-26/h4-5,8-11,14-15,22,25,27H,6-7,12-13,16-20H2,1-3H3/t22?,25?,27-/m0/s1. The van der Waals surface area contributed by atoms with E-state index >= 15 is 0 Å². The van der Waals surface area contributed by atoms with Gasteiger partial charge < -0.3 is 24.0 Å². The minimum Gasteiger partial charge on any atom is -0.491 e. The minimum atomic E-state index is -0.640. The van der Waals surface area contributed by atoms with Crippen LogP contribution in [0.2, 0.25) is 0 Å². The van der Waals surface area contributed by atoms with Gasteiger partial charge in [0.2, 0.25) is 5.91 Å². The molecule has 212 valence electrons. The van der Waals surface area contributed by atoms with Crippen LogP contribution in [0.15, 0.2) is 48.5 Å². The number of rotatable bonds is 7. The molecule has 1 aliphatic carbocycles. The topological polar surface area (TPSA) is 68.3 Å². The molecular formula is C30H38F2N2O5. The van der Waals surface area contributed by atoms with Crippen molar-refractivity contribution >= 4 is 12.0 Å². The lowest BCUT2D eigenvalue weighted by atomic mass is 9.84. The van der Waals surface area contributed by atoms with Gasteiger partial charge >= 0.3 is 6.09 Å². The van der Waals surface area contributed by atoms with Crippen LogP contribution in [0.1, 0.15) is 52.0 Å². The molecule has 0 spiro atoms. The molecule has 2 fully saturated rings. The monoisotopic (exact) mass is 544 g/mol. The second-order valence-corrected chi connectivity index (χ2v) is 11.3. The van der Waals surface area contributed by atoms with E-state index in [9.17, 15) is 18.4 Å². The van der Waals surface area contributed by atoms with Crippen molar-refractivity contribution in [2.24, 2.45) is 5.92 Å². The van der Waals surface area contributed by atoms with Crippen molar-refractivity contribution in [1.82, 2.24) is 9.80 Å². The van der Waals surface area contributed by atoms with Crippen LogP contribution >= 0.6 is 0 Å². The predicted molar refractivity (Wildman–Crippen MR) is 142 cm³/mol. The van der Waals surface area contributed by atoms with E-state index in [1.54, 1.807) is 29.2 Å². The maximum absolute atomic E-state index is 13.4. The minimum absolute atomic E-state index is 0.0736. The summed E-state index contributed by atoms with van der Waals surface area (Å²) in [6, 6.07) is 11.9. The molecule has 2 aromatic rings. The van der Waals surface area contributed by atoms with E-state index < -0.39 is 11.7 Å². The molecule has 39 heavy (non-hydrogen) atoms.